The third-order valence-electron chi connectivity index (χ3n) is 3.98. The van der Waals surface area contributed by atoms with Crippen LogP contribution in [0.15, 0.2) is 4.99 Å². The lowest BCUT2D eigenvalue weighted by atomic mass is 10.0. The Morgan fingerprint density at radius 2 is 2.00 bits per heavy atom. The molecule has 2 unspecified atom stereocenters. The van der Waals surface area contributed by atoms with Crippen LogP contribution in [0, 0.1) is 5.92 Å². The first kappa shape index (κ1) is 9.64. The Kier molecular flexibility index (Phi) is 2.65. The highest BCUT2D eigenvalue weighted by Gasteiger charge is 2.34. The van der Waals surface area contributed by atoms with E-state index in [0.29, 0.717) is 12.1 Å². The third kappa shape index (κ3) is 1.89. The fourth-order valence-electron chi connectivity index (χ4n) is 3.07. The van der Waals surface area contributed by atoms with E-state index >= 15 is 0 Å². The van der Waals surface area contributed by atoms with Crippen LogP contribution in [0.5, 0.6) is 0 Å². The van der Waals surface area contributed by atoms with Crippen LogP contribution in [-0.4, -0.2) is 31.1 Å². The van der Waals surface area contributed by atoms with Gasteiger partial charge in [0.25, 0.3) is 0 Å². The monoisotopic (exact) mass is 208 g/mol. The van der Waals surface area contributed by atoms with Crippen LogP contribution in [0.2, 0.25) is 0 Å². The molecule has 1 N–H and O–H groups in total. The molecule has 3 heteroatoms. The number of aliphatic imine (C=N–C) groups is 1. The summed E-state index contributed by atoms with van der Waals surface area (Å²) in [7, 11) is 0. The SMILES string of the molecule is C1CNC(C2=NCC(C3CCCC3)O2)C1. The van der Waals surface area contributed by atoms with E-state index in [1.165, 1.54) is 38.5 Å². The minimum absolute atomic E-state index is 0.407. The van der Waals surface area contributed by atoms with Gasteiger partial charge in [0.1, 0.15) is 6.10 Å². The van der Waals surface area contributed by atoms with Gasteiger partial charge in [-0.1, -0.05) is 12.8 Å². The van der Waals surface area contributed by atoms with Crippen LogP contribution in [0.3, 0.4) is 0 Å². The highest BCUT2D eigenvalue weighted by atomic mass is 16.5. The van der Waals surface area contributed by atoms with E-state index in [1.807, 2.05) is 0 Å². The Bertz CT molecular complexity index is 252. The molecular weight excluding hydrogens is 188 g/mol. The summed E-state index contributed by atoms with van der Waals surface area (Å²) in [6.45, 7) is 2.04. The lowest BCUT2D eigenvalue weighted by molar-refractivity contribution is 0.148. The smallest absolute Gasteiger partial charge is 0.201 e. The van der Waals surface area contributed by atoms with Crippen LogP contribution >= 0.6 is 0 Å². The number of rotatable bonds is 2. The van der Waals surface area contributed by atoms with Crippen molar-refractivity contribution in [1.29, 1.82) is 0 Å². The van der Waals surface area contributed by atoms with Crippen molar-refractivity contribution in [3.63, 3.8) is 0 Å². The van der Waals surface area contributed by atoms with Crippen molar-refractivity contribution in [1.82, 2.24) is 5.32 Å². The van der Waals surface area contributed by atoms with Gasteiger partial charge < -0.3 is 10.1 Å². The lowest BCUT2D eigenvalue weighted by Gasteiger charge is -2.19. The van der Waals surface area contributed by atoms with Crippen LogP contribution < -0.4 is 5.32 Å². The molecule has 3 aliphatic rings. The molecule has 0 aromatic heterocycles. The largest absolute Gasteiger partial charge is 0.474 e. The fraction of sp³-hybridized carbons (Fsp3) is 0.917. The van der Waals surface area contributed by atoms with Gasteiger partial charge in [0, 0.05) is 0 Å². The molecule has 1 aliphatic carbocycles. The van der Waals surface area contributed by atoms with Crippen molar-refractivity contribution in [3.05, 3.63) is 0 Å². The molecule has 15 heavy (non-hydrogen) atoms. The predicted octanol–water partition coefficient (Wildman–Crippen LogP) is 1.73. The average molecular weight is 208 g/mol. The van der Waals surface area contributed by atoms with E-state index in [2.05, 4.69) is 10.3 Å². The first-order chi connectivity index (χ1) is 7.43. The summed E-state index contributed by atoms with van der Waals surface area (Å²) in [6, 6.07) is 0.427. The van der Waals surface area contributed by atoms with E-state index < -0.39 is 0 Å². The zero-order valence-corrected chi connectivity index (χ0v) is 9.24. The second-order valence-electron chi connectivity index (χ2n) is 5.03. The highest BCUT2D eigenvalue weighted by molar-refractivity contribution is 5.83. The quantitative estimate of drug-likeness (QED) is 0.749. The van der Waals surface area contributed by atoms with Gasteiger partial charge in [0.15, 0.2) is 0 Å². The summed E-state index contributed by atoms with van der Waals surface area (Å²) in [5, 5.41) is 3.45. The van der Waals surface area contributed by atoms with E-state index in [0.717, 1.165) is 24.9 Å². The molecule has 2 fully saturated rings. The first-order valence-electron chi connectivity index (χ1n) is 6.38. The van der Waals surface area contributed by atoms with Gasteiger partial charge in [-0.2, -0.15) is 0 Å². The Hall–Kier alpha value is -0.570. The molecule has 2 atom stereocenters. The first-order valence-corrected chi connectivity index (χ1v) is 6.38. The number of nitrogens with one attached hydrogen (secondary N) is 1. The maximum Gasteiger partial charge on any atom is 0.201 e. The van der Waals surface area contributed by atoms with Crippen LogP contribution in [-0.2, 0) is 4.74 Å². The van der Waals surface area contributed by atoms with Crippen LogP contribution in [0.4, 0.5) is 0 Å². The van der Waals surface area contributed by atoms with Crippen molar-refractivity contribution >= 4 is 5.90 Å². The lowest BCUT2D eigenvalue weighted by Crippen LogP contribution is -2.33. The molecular formula is C12H20N2O. The van der Waals surface area contributed by atoms with Gasteiger partial charge in [0.05, 0.1) is 12.6 Å². The summed E-state index contributed by atoms with van der Waals surface area (Å²) in [5.74, 6) is 1.79. The normalized spacial score (nSPS) is 36.9. The topological polar surface area (TPSA) is 33.6 Å². The minimum Gasteiger partial charge on any atom is -0.474 e. The molecule has 3 rings (SSSR count). The van der Waals surface area contributed by atoms with Gasteiger partial charge in [0.2, 0.25) is 5.90 Å². The molecule has 2 heterocycles. The van der Waals surface area contributed by atoms with E-state index in [1.54, 1.807) is 0 Å². The van der Waals surface area contributed by atoms with Gasteiger partial charge in [-0.3, -0.25) is 4.99 Å². The average Bonchev–Trinajstić information content (AvgIpc) is 3.02. The summed E-state index contributed by atoms with van der Waals surface area (Å²) < 4.78 is 6.02. The van der Waals surface area contributed by atoms with Crippen molar-refractivity contribution in [3.8, 4) is 0 Å². The summed E-state index contributed by atoms with van der Waals surface area (Å²) in [5.41, 5.74) is 0. The molecule has 0 spiro atoms. The highest BCUT2D eigenvalue weighted by Crippen LogP contribution is 2.31. The molecule has 3 nitrogen and oxygen atoms in total. The van der Waals surface area contributed by atoms with E-state index in [4.69, 9.17) is 4.74 Å². The summed E-state index contributed by atoms with van der Waals surface area (Å²) in [4.78, 5) is 4.58. The summed E-state index contributed by atoms with van der Waals surface area (Å²) in [6.07, 6.45) is 8.36. The van der Waals surface area contributed by atoms with Crippen molar-refractivity contribution in [2.75, 3.05) is 13.1 Å². The molecule has 2 aliphatic heterocycles. The maximum absolute atomic E-state index is 6.02. The Labute approximate surface area is 91.3 Å². The van der Waals surface area contributed by atoms with Crippen molar-refractivity contribution < 1.29 is 4.74 Å². The second-order valence-corrected chi connectivity index (χ2v) is 5.03. The van der Waals surface area contributed by atoms with Crippen LogP contribution in [0.1, 0.15) is 38.5 Å². The fourth-order valence-corrected chi connectivity index (χ4v) is 3.07. The van der Waals surface area contributed by atoms with E-state index in [9.17, 15) is 0 Å². The standard InChI is InChI=1S/C12H20N2O/c1-2-5-9(4-1)11-8-14-12(15-11)10-6-3-7-13-10/h9-11,13H,1-8H2. The number of hydrogen-bond donors (Lipinski definition) is 1. The molecule has 0 aromatic carbocycles. The molecule has 1 saturated heterocycles. The van der Waals surface area contributed by atoms with Crippen LogP contribution in [0.25, 0.3) is 0 Å². The number of nitrogens with zero attached hydrogens (tertiary/aromatic N) is 1. The Morgan fingerprint density at radius 3 is 2.73 bits per heavy atom. The Morgan fingerprint density at radius 1 is 1.13 bits per heavy atom. The summed E-state index contributed by atoms with van der Waals surface area (Å²) >= 11 is 0. The minimum atomic E-state index is 0.407. The molecule has 0 amide bonds. The number of ether oxygens (including phenoxy) is 1. The zero-order valence-electron chi connectivity index (χ0n) is 9.24. The molecule has 84 valence electrons. The van der Waals surface area contributed by atoms with E-state index in [-0.39, 0.29) is 0 Å². The molecule has 0 radical (unpaired) electrons. The molecule has 0 aromatic rings. The van der Waals surface area contributed by atoms with Crippen molar-refractivity contribution in [2.45, 2.75) is 50.7 Å². The van der Waals surface area contributed by atoms with Gasteiger partial charge in [-0.25, -0.2) is 0 Å². The van der Waals surface area contributed by atoms with Gasteiger partial charge in [-0.15, -0.1) is 0 Å². The number of hydrogen-bond acceptors (Lipinski definition) is 3. The van der Waals surface area contributed by atoms with Gasteiger partial charge in [-0.05, 0) is 38.1 Å². The zero-order chi connectivity index (χ0) is 10.1. The molecule has 0 bridgehead atoms. The Balaban J connectivity index is 1.56. The van der Waals surface area contributed by atoms with Gasteiger partial charge >= 0.3 is 0 Å². The molecule has 1 saturated carbocycles. The third-order valence-corrected chi connectivity index (χ3v) is 3.98. The second kappa shape index (κ2) is 4.12. The predicted molar refractivity (Wildman–Crippen MR) is 60.2 cm³/mol. The van der Waals surface area contributed by atoms with Crippen molar-refractivity contribution in [2.24, 2.45) is 10.9 Å². The maximum atomic E-state index is 6.02.